The summed E-state index contributed by atoms with van der Waals surface area (Å²) in [7, 11) is 1.75. The Kier molecular flexibility index (Phi) is 3.82. The molecule has 0 saturated heterocycles. The first kappa shape index (κ1) is 11.4. The highest BCUT2D eigenvalue weighted by molar-refractivity contribution is 5.85. The zero-order chi connectivity index (χ0) is 9.26. The van der Waals surface area contributed by atoms with Crippen LogP contribution in [-0.2, 0) is 12.8 Å². The standard InChI is InChI=1S/C12H16O.ClH/c1-9-7-10-5-3-4-6-11(10)8-12(9)13-2;/h7-8H,3-6H2,1-2H3;1H. The molecule has 1 aliphatic rings. The number of fused-ring (bicyclic) bond motifs is 1. The molecule has 14 heavy (non-hydrogen) atoms. The van der Waals surface area contributed by atoms with Crippen molar-refractivity contribution in [3.05, 3.63) is 28.8 Å². The first-order chi connectivity index (χ1) is 6.31. The Morgan fingerprint density at radius 3 is 2.21 bits per heavy atom. The van der Waals surface area contributed by atoms with Gasteiger partial charge in [0, 0.05) is 0 Å². The molecule has 0 fully saturated rings. The highest BCUT2D eigenvalue weighted by atomic mass is 35.5. The molecule has 0 saturated carbocycles. The molecule has 0 aliphatic heterocycles. The summed E-state index contributed by atoms with van der Waals surface area (Å²) < 4.78 is 5.31. The van der Waals surface area contributed by atoms with Crippen LogP contribution in [0.1, 0.15) is 29.5 Å². The molecule has 0 heterocycles. The molecule has 0 bridgehead atoms. The zero-order valence-electron chi connectivity index (χ0n) is 8.80. The highest BCUT2D eigenvalue weighted by Crippen LogP contribution is 2.28. The summed E-state index contributed by atoms with van der Waals surface area (Å²) in [6, 6.07) is 4.50. The lowest BCUT2D eigenvalue weighted by Crippen LogP contribution is -2.03. The number of methoxy groups -OCH3 is 1. The Hall–Kier alpha value is -0.690. The smallest absolute Gasteiger partial charge is 0.122 e. The second-order valence-electron chi connectivity index (χ2n) is 3.80. The van der Waals surface area contributed by atoms with E-state index in [4.69, 9.17) is 4.74 Å². The van der Waals surface area contributed by atoms with Crippen LogP contribution < -0.4 is 4.74 Å². The quantitative estimate of drug-likeness (QED) is 0.694. The molecule has 0 amide bonds. The van der Waals surface area contributed by atoms with Crippen molar-refractivity contribution in [2.75, 3.05) is 7.11 Å². The summed E-state index contributed by atoms with van der Waals surface area (Å²) in [5.41, 5.74) is 4.29. The lowest BCUT2D eigenvalue weighted by molar-refractivity contribution is 0.410. The molecule has 0 radical (unpaired) electrons. The summed E-state index contributed by atoms with van der Waals surface area (Å²) in [4.78, 5) is 0. The van der Waals surface area contributed by atoms with Crippen LogP contribution in [0, 0.1) is 6.92 Å². The number of ether oxygens (including phenoxy) is 1. The summed E-state index contributed by atoms with van der Waals surface area (Å²) in [6.45, 7) is 2.12. The fraction of sp³-hybridized carbons (Fsp3) is 0.500. The van der Waals surface area contributed by atoms with Crippen LogP contribution >= 0.6 is 12.4 Å². The minimum absolute atomic E-state index is 0. The fourth-order valence-corrected chi connectivity index (χ4v) is 2.11. The molecule has 0 unspecified atom stereocenters. The predicted molar refractivity (Wildman–Crippen MR) is 61.6 cm³/mol. The largest absolute Gasteiger partial charge is 0.496 e. The Labute approximate surface area is 91.9 Å². The molecular weight excluding hydrogens is 196 g/mol. The van der Waals surface area contributed by atoms with Crippen LogP contribution in [0.25, 0.3) is 0 Å². The van der Waals surface area contributed by atoms with Gasteiger partial charge in [0.2, 0.25) is 0 Å². The van der Waals surface area contributed by atoms with Gasteiger partial charge in [-0.05, 0) is 55.4 Å². The van der Waals surface area contributed by atoms with Crippen molar-refractivity contribution in [2.45, 2.75) is 32.6 Å². The van der Waals surface area contributed by atoms with Crippen molar-refractivity contribution in [1.82, 2.24) is 0 Å². The van der Waals surface area contributed by atoms with Crippen LogP contribution in [0.3, 0.4) is 0 Å². The molecule has 1 aliphatic carbocycles. The van der Waals surface area contributed by atoms with Gasteiger partial charge in [-0.2, -0.15) is 0 Å². The van der Waals surface area contributed by atoms with E-state index in [1.54, 1.807) is 7.11 Å². The van der Waals surface area contributed by atoms with E-state index in [0.29, 0.717) is 0 Å². The van der Waals surface area contributed by atoms with Gasteiger partial charge in [-0.1, -0.05) is 6.07 Å². The van der Waals surface area contributed by atoms with E-state index >= 15 is 0 Å². The lowest BCUT2D eigenvalue weighted by Gasteiger charge is -2.17. The molecule has 78 valence electrons. The maximum Gasteiger partial charge on any atom is 0.122 e. The maximum absolute atomic E-state index is 5.31. The van der Waals surface area contributed by atoms with Gasteiger partial charge in [0.1, 0.15) is 5.75 Å². The van der Waals surface area contributed by atoms with Gasteiger partial charge in [-0.25, -0.2) is 0 Å². The predicted octanol–water partition coefficient (Wildman–Crippen LogP) is 3.30. The Balaban J connectivity index is 0.000000980. The zero-order valence-corrected chi connectivity index (χ0v) is 9.62. The van der Waals surface area contributed by atoms with Crippen LogP contribution in [-0.4, -0.2) is 7.11 Å². The second-order valence-corrected chi connectivity index (χ2v) is 3.80. The lowest BCUT2D eigenvalue weighted by atomic mass is 9.90. The first-order valence-electron chi connectivity index (χ1n) is 4.97. The van der Waals surface area contributed by atoms with E-state index in [2.05, 4.69) is 19.1 Å². The SMILES string of the molecule is COc1cc2c(cc1C)CCCC2.Cl. The fourth-order valence-electron chi connectivity index (χ4n) is 2.11. The molecule has 0 spiro atoms. The van der Waals surface area contributed by atoms with Crippen molar-refractivity contribution >= 4 is 12.4 Å². The van der Waals surface area contributed by atoms with Gasteiger partial charge in [0.05, 0.1) is 7.11 Å². The van der Waals surface area contributed by atoms with Crippen molar-refractivity contribution < 1.29 is 4.74 Å². The Bertz CT molecular complexity index is 320. The van der Waals surface area contributed by atoms with Crippen LogP contribution in [0.4, 0.5) is 0 Å². The Morgan fingerprint density at radius 1 is 1.07 bits per heavy atom. The molecule has 2 heteroatoms. The number of halogens is 1. The van der Waals surface area contributed by atoms with Gasteiger partial charge in [-0.3, -0.25) is 0 Å². The van der Waals surface area contributed by atoms with Crippen LogP contribution in [0.5, 0.6) is 5.75 Å². The van der Waals surface area contributed by atoms with E-state index in [9.17, 15) is 0 Å². The molecule has 1 aromatic carbocycles. The number of aryl methyl sites for hydroxylation is 3. The summed E-state index contributed by atoms with van der Waals surface area (Å²) >= 11 is 0. The van der Waals surface area contributed by atoms with Crippen LogP contribution in [0.15, 0.2) is 12.1 Å². The van der Waals surface area contributed by atoms with Crippen molar-refractivity contribution in [3.63, 3.8) is 0 Å². The van der Waals surface area contributed by atoms with E-state index in [1.807, 2.05) is 0 Å². The van der Waals surface area contributed by atoms with E-state index in [1.165, 1.54) is 42.4 Å². The minimum Gasteiger partial charge on any atom is -0.496 e. The number of hydrogen-bond acceptors (Lipinski definition) is 1. The third-order valence-electron chi connectivity index (χ3n) is 2.86. The molecule has 0 N–H and O–H groups in total. The minimum atomic E-state index is 0. The molecule has 1 nitrogen and oxygen atoms in total. The van der Waals surface area contributed by atoms with E-state index in [0.717, 1.165) is 5.75 Å². The van der Waals surface area contributed by atoms with Crippen molar-refractivity contribution in [2.24, 2.45) is 0 Å². The highest BCUT2D eigenvalue weighted by Gasteiger charge is 2.11. The number of hydrogen-bond donors (Lipinski definition) is 0. The molecule has 1 aromatic rings. The normalized spacial score (nSPS) is 14.1. The number of rotatable bonds is 1. The maximum atomic E-state index is 5.31. The van der Waals surface area contributed by atoms with Gasteiger partial charge < -0.3 is 4.74 Å². The van der Waals surface area contributed by atoms with Gasteiger partial charge in [0.15, 0.2) is 0 Å². The van der Waals surface area contributed by atoms with Gasteiger partial charge in [0.25, 0.3) is 0 Å². The topological polar surface area (TPSA) is 9.23 Å². The summed E-state index contributed by atoms with van der Waals surface area (Å²) in [6.07, 6.45) is 5.16. The average Bonchev–Trinajstić information content (AvgIpc) is 2.17. The molecular formula is C12H17ClO. The molecule has 0 atom stereocenters. The van der Waals surface area contributed by atoms with E-state index in [-0.39, 0.29) is 12.4 Å². The third kappa shape index (κ3) is 2.03. The summed E-state index contributed by atoms with van der Waals surface area (Å²) in [5, 5.41) is 0. The number of benzene rings is 1. The monoisotopic (exact) mass is 212 g/mol. The Morgan fingerprint density at radius 2 is 1.64 bits per heavy atom. The van der Waals surface area contributed by atoms with E-state index < -0.39 is 0 Å². The van der Waals surface area contributed by atoms with Crippen molar-refractivity contribution in [1.29, 1.82) is 0 Å². The third-order valence-corrected chi connectivity index (χ3v) is 2.86. The van der Waals surface area contributed by atoms with Gasteiger partial charge in [-0.15, -0.1) is 12.4 Å². The molecule has 0 aromatic heterocycles. The average molecular weight is 213 g/mol. The molecule has 2 rings (SSSR count). The summed E-state index contributed by atoms with van der Waals surface area (Å²) in [5.74, 6) is 1.04. The first-order valence-corrected chi connectivity index (χ1v) is 4.97. The van der Waals surface area contributed by atoms with Crippen molar-refractivity contribution in [3.8, 4) is 5.75 Å². The second kappa shape index (κ2) is 4.70. The van der Waals surface area contributed by atoms with Gasteiger partial charge >= 0.3 is 0 Å². The van der Waals surface area contributed by atoms with Crippen LogP contribution in [0.2, 0.25) is 0 Å².